The molecule has 0 spiro atoms. The van der Waals surface area contributed by atoms with Gasteiger partial charge in [0.05, 0.1) is 17.5 Å². The molecule has 162 valence electrons. The molecule has 10 heteroatoms. The normalized spacial score (nSPS) is 11.1. The Balaban J connectivity index is 1.75. The second-order valence-corrected chi connectivity index (χ2v) is 7.04. The SMILES string of the molecule is CN(Cc1ccc(Cl)cc1)C(=O)Nc1ccc(NC(=O)c2ccco2)cc1C(F)(F)F. The van der Waals surface area contributed by atoms with Crippen molar-refractivity contribution >= 4 is 34.9 Å². The number of carbonyl (C=O) groups excluding carboxylic acids is 2. The van der Waals surface area contributed by atoms with Gasteiger partial charge in [0.2, 0.25) is 0 Å². The summed E-state index contributed by atoms with van der Waals surface area (Å²) < 4.78 is 45.6. The van der Waals surface area contributed by atoms with Gasteiger partial charge in [-0.2, -0.15) is 13.2 Å². The maximum absolute atomic E-state index is 13.6. The molecule has 2 aromatic carbocycles. The average molecular weight is 452 g/mol. The van der Waals surface area contributed by atoms with Crippen LogP contribution in [0.3, 0.4) is 0 Å². The van der Waals surface area contributed by atoms with Gasteiger partial charge < -0.3 is 20.0 Å². The van der Waals surface area contributed by atoms with Crippen molar-refractivity contribution in [2.24, 2.45) is 0 Å². The molecular formula is C21H17ClF3N3O3. The van der Waals surface area contributed by atoms with Crippen molar-refractivity contribution in [3.63, 3.8) is 0 Å². The van der Waals surface area contributed by atoms with Crippen LogP contribution in [0.1, 0.15) is 21.7 Å². The van der Waals surface area contributed by atoms with Crippen LogP contribution in [0.25, 0.3) is 0 Å². The smallest absolute Gasteiger partial charge is 0.418 e. The highest BCUT2D eigenvalue weighted by atomic mass is 35.5. The Morgan fingerprint density at radius 3 is 2.39 bits per heavy atom. The van der Waals surface area contributed by atoms with Crippen molar-refractivity contribution in [1.82, 2.24) is 4.90 Å². The second kappa shape index (κ2) is 9.13. The Morgan fingerprint density at radius 1 is 1.06 bits per heavy atom. The number of carbonyl (C=O) groups is 2. The van der Waals surface area contributed by atoms with Crippen LogP contribution in [0.5, 0.6) is 0 Å². The molecule has 2 N–H and O–H groups in total. The van der Waals surface area contributed by atoms with E-state index in [1.165, 1.54) is 36.4 Å². The molecule has 0 saturated heterocycles. The van der Waals surface area contributed by atoms with E-state index >= 15 is 0 Å². The molecule has 0 unspecified atom stereocenters. The van der Waals surface area contributed by atoms with Crippen LogP contribution in [0, 0.1) is 0 Å². The third-order valence-corrected chi connectivity index (χ3v) is 4.50. The van der Waals surface area contributed by atoms with Crippen LogP contribution >= 0.6 is 11.6 Å². The number of rotatable bonds is 5. The molecule has 0 atom stereocenters. The number of amides is 3. The number of halogens is 4. The first-order chi connectivity index (χ1) is 14.6. The number of hydrogen-bond acceptors (Lipinski definition) is 3. The minimum absolute atomic E-state index is 0.0465. The molecule has 6 nitrogen and oxygen atoms in total. The van der Waals surface area contributed by atoms with Gasteiger partial charge in [-0.1, -0.05) is 23.7 Å². The Hall–Kier alpha value is -3.46. The lowest BCUT2D eigenvalue weighted by Gasteiger charge is -2.21. The van der Waals surface area contributed by atoms with Gasteiger partial charge in [-0.05, 0) is 48.0 Å². The van der Waals surface area contributed by atoms with Crippen molar-refractivity contribution in [3.05, 3.63) is 82.8 Å². The predicted octanol–water partition coefficient (Wildman–Crippen LogP) is 5.87. The maximum atomic E-state index is 13.6. The summed E-state index contributed by atoms with van der Waals surface area (Å²) in [5, 5.41) is 5.13. The zero-order chi connectivity index (χ0) is 22.6. The van der Waals surface area contributed by atoms with Gasteiger partial charge in [0.1, 0.15) is 0 Å². The van der Waals surface area contributed by atoms with Crippen LogP contribution in [0.2, 0.25) is 5.02 Å². The van der Waals surface area contributed by atoms with Gasteiger partial charge in [-0.15, -0.1) is 0 Å². The fraction of sp³-hybridized carbons (Fsp3) is 0.143. The first kappa shape index (κ1) is 22.2. The van der Waals surface area contributed by atoms with Gasteiger partial charge >= 0.3 is 12.2 Å². The molecule has 0 aliphatic carbocycles. The van der Waals surface area contributed by atoms with E-state index in [4.69, 9.17) is 16.0 Å². The van der Waals surface area contributed by atoms with Crippen LogP contribution in [0.4, 0.5) is 29.3 Å². The van der Waals surface area contributed by atoms with Crippen molar-refractivity contribution in [1.29, 1.82) is 0 Å². The van der Waals surface area contributed by atoms with Crippen molar-refractivity contribution in [2.45, 2.75) is 12.7 Å². The molecule has 1 aromatic heterocycles. The number of benzene rings is 2. The summed E-state index contributed by atoms with van der Waals surface area (Å²) in [6, 6.07) is 11.9. The molecule has 0 radical (unpaired) electrons. The van der Waals surface area contributed by atoms with E-state index in [0.29, 0.717) is 5.02 Å². The third kappa shape index (κ3) is 5.79. The van der Waals surface area contributed by atoms with E-state index in [1.54, 1.807) is 24.3 Å². The lowest BCUT2D eigenvalue weighted by Crippen LogP contribution is -2.31. The number of urea groups is 1. The van der Waals surface area contributed by atoms with Gasteiger partial charge in [0.15, 0.2) is 5.76 Å². The summed E-state index contributed by atoms with van der Waals surface area (Å²) in [4.78, 5) is 25.7. The predicted molar refractivity (Wildman–Crippen MR) is 110 cm³/mol. The Bertz CT molecular complexity index is 1070. The number of nitrogens with one attached hydrogen (secondary N) is 2. The largest absolute Gasteiger partial charge is 0.459 e. The monoisotopic (exact) mass is 451 g/mol. The minimum atomic E-state index is -4.76. The Kier molecular flexibility index (Phi) is 6.55. The first-order valence-electron chi connectivity index (χ1n) is 8.96. The molecule has 3 rings (SSSR count). The van der Waals surface area contributed by atoms with Gasteiger partial charge in [0.25, 0.3) is 5.91 Å². The van der Waals surface area contributed by atoms with Gasteiger partial charge in [-0.3, -0.25) is 4.79 Å². The molecule has 3 amide bonds. The quantitative estimate of drug-likeness (QED) is 0.509. The lowest BCUT2D eigenvalue weighted by atomic mass is 10.1. The second-order valence-electron chi connectivity index (χ2n) is 6.60. The summed E-state index contributed by atoms with van der Waals surface area (Å²) in [6.07, 6.45) is -3.49. The van der Waals surface area contributed by atoms with Crippen LogP contribution in [-0.2, 0) is 12.7 Å². The zero-order valence-corrected chi connectivity index (χ0v) is 16.9. The number of anilines is 2. The molecule has 0 saturated carbocycles. The van der Waals surface area contributed by atoms with E-state index < -0.39 is 29.4 Å². The Morgan fingerprint density at radius 2 is 1.77 bits per heavy atom. The highest BCUT2D eigenvalue weighted by molar-refractivity contribution is 6.30. The van der Waals surface area contributed by atoms with Crippen molar-refractivity contribution < 1.29 is 27.2 Å². The number of alkyl halides is 3. The highest BCUT2D eigenvalue weighted by Gasteiger charge is 2.34. The molecule has 0 aliphatic heterocycles. The fourth-order valence-corrected chi connectivity index (χ4v) is 2.84. The molecule has 0 fully saturated rings. The van der Waals surface area contributed by atoms with Crippen LogP contribution in [-0.4, -0.2) is 23.9 Å². The van der Waals surface area contributed by atoms with E-state index in [-0.39, 0.29) is 18.0 Å². The Labute approximate surface area is 180 Å². The number of nitrogens with zero attached hydrogens (tertiary/aromatic N) is 1. The van der Waals surface area contributed by atoms with E-state index in [2.05, 4.69) is 10.6 Å². The molecule has 1 heterocycles. The fourth-order valence-electron chi connectivity index (χ4n) is 2.71. The summed E-state index contributed by atoms with van der Waals surface area (Å²) in [5.74, 6) is -0.743. The van der Waals surface area contributed by atoms with E-state index in [1.807, 2.05) is 0 Å². The topological polar surface area (TPSA) is 74.6 Å². The van der Waals surface area contributed by atoms with Crippen molar-refractivity contribution in [2.75, 3.05) is 17.7 Å². The lowest BCUT2D eigenvalue weighted by molar-refractivity contribution is -0.136. The first-order valence-corrected chi connectivity index (χ1v) is 9.34. The maximum Gasteiger partial charge on any atom is 0.418 e. The van der Waals surface area contributed by atoms with E-state index in [9.17, 15) is 22.8 Å². The molecule has 0 bridgehead atoms. The molecular weight excluding hydrogens is 435 g/mol. The highest BCUT2D eigenvalue weighted by Crippen LogP contribution is 2.37. The molecule has 0 aliphatic rings. The number of furan rings is 1. The number of hydrogen-bond donors (Lipinski definition) is 2. The third-order valence-electron chi connectivity index (χ3n) is 4.25. The summed E-state index contributed by atoms with van der Waals surface area (Å²) in [6.45, 7) is 0.168. The van der Waals surface area contributed by atoms with Crippen LogP contribution < -0.4 is 10.6 Å². The average Bonchev–Trinajstić information content (AvgIpc) is 3.25. The molecule has 31 heavy (non-hydrogen) atoms. The minimum Gasteiger partial charge on any atom is -0.459 e. The summed E-state index contributed by atoms with van der Waals surface area (Å²) >= 11 is 5.82. The summed E-state index contributed by atoms with van der Waals surface area (Å²) in [7, 11) is 1.45. The zero-order valence-electron chi connectivity index (χ0n) is 16.2. The van der Waals surface area contributed by atoms with E-state index in [0.717, 1.165) is 17.7 Å². The van der Waals surface area contributed by atoms with Gasteiger partial charge in [0, 0.05) is 24.3 Å². The van der Waals surface area contributed by atoms with Gasteiger partial charge in [-0.25, -0.2) is 4.79 Å². The summed E-state index contributed by atoms with van der Waals surface area (Å²) in [5.41, 5.74) is -0.871. The molecule has 3 aromatic rings. The standard InChI is InChI=1S/C21H17ClF3N3O3/c1-28(12-13-4-6-14(22)7-5-13)20(30)27-17-9-8-15(11-16(17)21(23,24)25)26-19(29)18-3-2-10-31-18/h2-11H,12H2,1H3,(H,26,29)(H,27,30). The van der Waals surface area contributed by atoms with Crippen molar-refractivity contribution in [3.8, 4) is 0 Å². The van der Waals surface area contributed by atoms with Crippen LogP contribution in [0.15, 0.2) is 65.3 Å².